The minimum atomic E-state index is -0.291. The summed E-state index contributed by atoms with van der Waals surface area (Å²) in [6.07, 6.45) is 1.64. The fourth-order valence-electron chi connectivity index (χ4n) is 2.23. The molecule has 7 heteroatoms. The molecule has 1 fully saturated rings. The standard InChI is InChI=1S/C12H18N4O3/c1-2-19-11(18)8-4-3-5-16(7-8)12-14-9(13)6-10(17)15-12/h6,8H,2-5,7H2,1H3,(H3,13,14,15,17)/t8-/m0/s1. The van der Waals surface area contributed by atoms with Crippen LogP contribution in [0.2, 0.25) is 0 Å². The van der Waals surface area contributed by atoms with Crippen molar-refractivity contribution in [1.29, 1.82) is 0 Å². The number of nitrogens with zero attached hydrogens (tertiary/aromatic N) is 2. The molecule has 0 amide bonds. The van der Waals surface area contributed by atoms with Crippen LogP contribution in [0.25, 0.3) is 0 Å². The molecule has 0 aromatic carbocycles. The molecule has 2 heterocycles. The second-order valence-corrected chi connectivity index (χ2v) is 4.53. The highest BCUT2D eigenvalue weighted by atomic mass is 16.5. The number of nitrogen functional groups attached to an aromatic ring is 1. The largest absolute Gasteiger partial charge is 0.466 e. The second-order valence-electron chi connectivity index (χ2n) is 4.53. The number of H-pyrrole nitrogens is 1. The Balaban J connectivity index is 2.12. The molecule has 0 spiro atoms. The van der Waals surface area contributed by atoms with Gasteiger partial charge in [-0.3, -0.25) is 14.6 Å². The molecule has 7 nitrogen and oxygen atoms in total. The van der Waals surface area contributed by atoms with Gasteiger partial charge in [-0.1, -0.05) is 0 Å². The minimum absolute atomic E-state index is 0.178. The Morgan fingerprint density at radius 3 is 3.16 bits per heavy atom. The van der Waals surface area contributed by atoms with Gasteiger partial charge in [0.1, 0.15) is 5.82 Å². The molecule has 0 unspecified atom stereocenters. The number of carbonyl (C=O) groups excluding carboxylic acids is 1. The minimum Gasteiger partial charge on any atom is -0.466 e. The summed E-state index contributed by atoms with van der Waals surface area (Å²) in [7, 11) is 0. The second kappa shape index (κ2) is 5.73. The van der Waals surface area contributed by atoms with Gasteiger partial charge in [-0.25, -0.2) is 0 Å². The number of esters is 1. The van der Waals surface area contributed by atoms with E-state index in [1.54, 1.807) is 6.92 Å². The van der Waals surface area contributed by atoms with Crippen molar-refractivity contribution in [1.82, 2.24) is 9.97 Å². The van der Waals surface area contributed by atoms with Crippen LogP contribution in [0.15, 0.2) is 10.9 Å². The lowest BCUT2D eigenvalue weighted by Gasteiger charge is -2.31. The average molecular weight is 266 g/mol. The number of ether oxygens (including phenoxy) is 1. The van der Waals surface area contributed by atoms with Gasteiger partial charge in [0.05, 0.1) is 12.5 Å². The number of piperidine rings is 1. The Labute approximate surface area is 110 Å². The predicted molar refractivity (Wildman–Crippen MR) is 70.8 cm³/mol. The summed E-state index contributed by atoms with van der Waals surface area (Å²) in [6.45, 7) is 3.39. The van der Waals surface area contributed by atoms with E-state index in [2.05, 4.69) is 9.97 Å². The number of nitrogens with one attached hydrogen (secondary N) is 1. The number of hydrogen-bond acceptors (Lipinski definition) is 6. The lowest BCUT2D eigenvalue weighted by Crippen LogP contribution is -2.41. The highest BCUT2D eigenvalue weighted by molar-refractivity contribution is 5.73. The Morgan fingerprint density at radius 1 is 1.68 bits per heavy atom. The van der Waals surface area contributed by atoms with Crippen molar-refractivity contribution in [3.63, 3.8) is 0 Å². The first-order valence-corrected chi connectivity index (χ1v) is 6.38. The average Bonchev–Trinajstić information content (AvgIpc) is 2.38. The van der Waals surface area contributed by atoms with Gasteiger partial charge in [0.15, 0.2) is 0 Å². The van der Waals surface area contributed by atoms with Crippen LogP contribution in [0, 0.1) is 5.92 Å². The van der Waals surface area contributed by atoms with E-state index < -0.39 is 0 Å². The summed E-state index contributed by atoms with van der Waals surface area (Å²) >= 11 is 0. The van der Waals surface area contributed by atoms with Crippen LogP contribution >= 0.6 is 0 Å². The molecule has 3 N–H and O–H groups in total. The van der Waals surface area contributed by atoms with Gasteiger partial charge < -0.3 is 15.4 Å². The Hall–Kier alpha value is -2.05. The lowest BCUT2D eigenvalue weighted by molar-refractivity contribution is -0.148. The fraction of sp³-hybridized carbons (Fsp3) is 0.583. The molecule has 1 atom stereocenters. The molecule has 1 aliphatic heterocycles. The quantitative estimate of drug-likeness (QED) is 0.754. The topological polar surface area (TPSA) is 101 Å². The summed E-state index contributed by atoms with van der Waals surface area (Å²) in [5.74, 6) is 0.217. The van der Waals surface area contributed by atoms with E-state index in [4.69, 9.17) is 10.5 Å². The van der Waals surface area contributed by atoms with Crippen LogP contribution in [0.3, 0.4) is 0 Å². The molecule has 1 saturated heterocycles. The first kappa shape index (κ1) is 13.4. The monoisotopic (exact) mass is 266 g/mol. The van der Waals surface area contributed by atoms with Gasteiger partial charge in [-0.15, -0.1) is 0 Å². The summed E-state index contributed by atoms with van der Waals surface area (Å²) in [5, 5.41) is 0. The molecule has 1 aliphatic rings. The number of aromatic nitrogens is 2. The van der Waals surface area contributed by atoms with E-state index in [-0.39, 0.29) is 23.3 Å². The molecule has 0 radical (unpaired) electrons. The van der Waals surface area contributed by atoms with Gasteiger partial charge in [0, 0.05) is 19.2 Å². The number of nitrogens with two attached hydrogens (primary N) is 1. The van der Waals surface area contributed by atoms with Crippen LogP contribution in [-0.2, 0) is 9.53 Å². The maximum absolute atomic E-state index is 11.7. The third kappa shape index (κ3) is 3.24. The zero-order valence-corrected chi connectivity index (χ0v) is 10.9. The van der Waals surface area contributed by atoms with Crippen LogP contribution in [0.1, 0.15) is 19.8 Å². The molecule has 2 rings (SSSR count). The van der Waals surface area contributed by atoms with Gasteiger partial charge in [0.2, 0.25) is 5.95 Å². The molecule has 104 valence electrons. The van der Waals surface area contributed by atoms with Crippen molar-refractivity contribution in [2.45, 2.75) is 19.8 Å². The van der Waals surface area contributed by atoms with Crippen LogP contribution in [0.5, 0.6) is 0 Å². The third-order valence-corrected chi connectivity index (χ3v) is 3.09. The lowest BCUT2D eigenvalue weighted by atomic mass is 9.98. The van der Waals surface area contributed by atoms with Crippen molar-refractivity contribution in [3.8, 4) is 0 Å². The zero-order chi connectivity index (χ0) is 13.8. The van der Waals surface area contributed by atoms with Gasteiger partial charge in [-0.05, 0) is 19.8 Å². The van der Waals surface area contributed by atoms with Crippen molar-refractivity contribution in [3.05, 3.63) is 16.4 Å². The van der Waals surface area contributed by atoms with E-state index in [1.165, 1.54) is 6.07 Å². The van der Waals surface area contributed by atoms with Crippen molar-refractivity contribution in [2.75, 3.05) is 30.3 Å². The maximum atomic E-state index is 11.7. The van der Waals surface area contributed by atoms with E-state index >= 15 is 0 Å². The molecule has 1 aromatic rings. The molecule has 19 heavy (non-hydrogen) atoms. The highest BCUT2D eigenvalue weighted by Gasteiger charge is 2.27. The van der Waals surface area contributed by atoms with Crippen LogP contribution in [0.4, 0.5) is 11.8 Å². The Bertz CT molecular complexity index is 514. The van der Waals surface area contributed by atoms with Crippen molar-refractivity contribution >= 4 is 17.7 Å². The molecule has 0 saturated carbocycles. The number of aromatic amines is 1. The van der Waals surface area contributed by atoms with E-state index in [0.29, 0.717) is 19.1 Å². The Kier molecular flexibility index (Phi) is 4.03. The van der Waals surface area contributed by atoms with Gasteiger partial charge >= 0.3 is 5.97 Å². The maximum Gasteiger partial charge on any atom is 0.310 e. The van der Waals surface area contributed by atoms with Crippen LogP contribution in [-0.4, -0.2) is 35.6 Å². The Morgan fingerprint density at radius 2 is 2.47 bits per heavy atom. The summed E-state index contributed by atoms with van der Waals surface area (Å²) in [4.78, 5) is 31.7. The number of anilines is 2. The first-order valence-electron chi connectivity index (χ1n) is 6.38. The molecule has 1 aromatic heterocycles. The molecular weight excluding hydrogens is 248 g/mol. The highest BCUT2D eigenvalue weighted by Crippen LogP contribution is 2.21. The van der Waals surface area contributed by atoms with E-state index in [9.17, 15) is 9.59 Å². The SMILES string of the molecule is CCOC(=O)[C@H]1CCCN(c2nc(N)cc(=O)[nH]2)C1. The van der Waals surface area contributed by atoms with Crippen molar-refractivity contribution in [2.24, 2.45) is 5.92 Å². The summed E-state index contributed by atoms with van der Waals surface area (Å²) in [6, 6.07) is 1.23. The predicted octanol–water partition coefficient (Wildman–Crippen LogP) is 0.132. The molecular formula is C12H18N4O3. The van der Waals surface area contributed by atoms with Gasteiger partial charge in [0.25, 0.3) is 5.56 Å². The van der Waals surface area contributed by atoms with Gasteiger partial charge in [-0.2, -0.15) is 4.98 Å². The number of carbonyl (C=O) groups is 1. The van der Waals surface area contributed by atoms with Crippen LogP contribution < -0.4 is 16.2 Å². The van der Waals surface area contributed by atoms with Crippen molar-refractivity contribution < 1.29 is 9.53 Å². The van der Waals surface area contributed by atoms with E-state index in [0.717, 1.165) is 19.4 Å². The van der Waals surface area contributed by atoms with E-state index in [1.807, 2.05) is 4.90 Å². The zero-order valence-electron chi connectivity index (χ0n) is 10.9. The fourth-order valence-corrected chi connectivity index (χ4v) is 2.23. The third-order valence-electron chi connectivity index (χ3n) is 3.09. The molecule has 0 bridgehead atoms. The number of rotatable bonds is 3. The molecule has 0 aliphatic carbocycles. The summed E-state index contributed by atoms with van der Waals surface area (Å²) < 4.78 is 5.03. The normalized spacial score (nSPS) is 19.2. The number of hydrogen-bond donors (Lipinski definition) is 2. The summed E-state index contributed by atoms with van der Waals surface area (Å²) in [5.41, 5.74) is 5.27. The smallest absolute Gasteiger partial charge is 0.310 e. The first-order chi connectivity index (χ1) is 9.10.